The molecule has 0 bridgehead atoms. The van der Waals surface area contributed by atoms with E-state index in [1.807, 2.05) is 6.92 Å². The zero-order valence-electron chi connectivity index (χ0n) is 15.6. The van der Waals surface area contributed by atoms with Gasteiger partial charge in [-0.05, 0) is 50.5 Å². The van der Waals surface area contributed by atoms with Crippen LogP contribution in [0.2, 0.25) is 5.02 Å². The monoisotopic (exact) mass is 400 g/mol. The van der Waals surface area contributed by atoms with Gasteiger partial charge in [-0.25, -0.2) is 8.42 Å². The van der Waals surface area contributed by atoms with Crippen LogP contribution in [0.3, 0.4) is 0 Å². The third-order valence-corrected chi connectivity index (χ3v) is 7.07. The molecule has 0 spiro atoms. The number of carbonyl (C=O) groups is 1. The second-order valence-electron chi connectivity index (χ2n) is 7.04. The summed E-state index contributed by atoms with van der Waals surface area (Å²) in [6.45, 7) is 4.93. The summed E-state index contributed by atoms with van der Waals surface area (Å²) in [7, 11) is -3.52. The van der Waals surface area contributed by atoms with Gasteiger partial charge in [0.15, 0.2) is 0 Å². The van der Waals surface area contributed by atoms with Gasteiger partial charge in [-0.15, -0.1) is 0 Å². The van der Waals surface area contributed by atoms with E-state index in [0.29, 0.717) is 31.0 Å². The van der Waals surface area contributed by atoms with Crippen LogP contribution in [0.25, 0.3) is 0 Å². The molecule has 1 aromatic carbocycles. The molecule has 0 radical (unpaired) electrons. The van der Waals surface area contributed by atoms with Crippen molar-refractivity contribution in [2.24, 2.45) is 5.92 Å². The molecule has 1 amide bonds. The lowest BCUT2D eigenvalue weighted by Crippen LogP contribution is -2.44. The number of piperidine rings is 1. The molecule has 1 aliphatic rings. The standard InChI is InChI=1S/C19H29ClN2O3S/c1-3-4-5-6-15(2)21-19(23)16-11-13-22(14-12-16)26(24,25)18-9-7-17(20)8-10-18/h7-10,15-16H,3-6,11-14H2,1-2H3,(H,21,23)/t15-/m1/s1. The van der Waals surface area contributed by atoms with Gasteiger partial charge in [0.05, 0.1) is 4.90 Å². The van der Waals surface area contributed by atoms with Crippen molar-refractivity contribution >= 4 is 27.5 Å². The topological polar surface area (TPSA) is 66.5 Å². The molecular weight excluding hydrogens is 372 g/mol. The van der Waals surface area contributed by atoms with Crippen molar-refractivity contribution in [3.8, 4) is 0 Å². The SMILES string of the molecule is CCCCC[C@@H](C)NC(=O)C1CCN(S(=O)(=O)c2ccc(Cl)cc2)CC1. The van der Waals surface area contributed by atoms with Crippen molar-refractivity contribution in [2.45, 2.75) is 63.3 Å². The number of nitrogens with one attached hydrogen (secondary N) is 1. The van der Waals surface area contributed by atoms with Gasteiger partial charge >= 0.3 is 0 Å². The largest absolute Gasteiger partial charge is 0.353 e. The third kappa shape index (κ3) is 5.69. The van der Waals surface area contributed by atoms with Crippen molar-refractivity contribution < 1.29 is 13.2 Å². The van der Waals surface area contributed by atoms with Crippen LogP contribution >= 0.6 is 11.6 Å². The van der Waals surface area contributed by atoms with Crippen LogP contribution in [-0.4, -0.2) is 37.8 Å². The molecule has 0 unspecified atom stereocenters. The Morgan fingerprint density at radius 1 is 1.23 bits per heavy atom. The van der Waals surface area contributed by atoms with Crippen LogP contribution in [0, 0.1) is 5.92 Å². The van der Waals surface area contributed by atoms with Crippen molar-refractivity contribution in [1.82, 2.24) is 9.62 Å². The summed E-state index contributed by atoms with van der Waals surface area (Å²) >= 11 is 5.83. The first-order valence-electron chi connectivity index (χ1n) is 9.40. The minimum Gasteiger partial charge on any atom is -0.353 e. The fourth-order valence-corrected chi connectivity index (χ4v) is 4.84. The molecule has 1 fully saturated rings. The van der Waals surface area contributed by atoms with Crippen molar-refractivity contribution in [3.63, 3.8) is 0 Å². The van der Waals surface area contributed by atoms with Crippen LogP contribution in [0.5, 0.6) is 0 Å². The maximum absolute atomic E-state index is 12.7. The minimum atomic E-state index is -3.52. The first-order valence-corrected chi connectivity index (χ1v) is 11.2. The predicted octanol–water partition coefficient (Wildman–Crippen LogP) is 3.83. The van der Waals surface area contributed by atoms with Crippen molar-refractivity contribution in [2.75, 3.05) is 13.1 Å². The quantitative estimate of drug-likeness (QED) is 0.674. The minimum absolute atomic E-state index is 0.0533. The molecule has 0 aromatic heterocycles. The summed E-state index contributed by atoms with van der Waals surface area (Å²) in [5.74, 6) is -0.0576. The second-order valence-corrected chi connectivity index (χ2v) is 9.41. The summed E-state index contributed by atoms with van der Waals surface area (Å²) in [6.07, 6.45) is 5.57. The molecule has 1 aliphatic heterocycles. The molecular formula is C19H29ClN2O3S. The molecule has 5 nitrogen and oxygen atoms in total. The summed E-state index contributed by atoms with van der Waals surface area (Å²) in [5, 5.41) is 3.59. The van der Waals surface area contributed by atoms with E-state index in [2.05, 4.69) is 12.2 Å². The van der Waals surface area contributed by atoms with Gasteiger partial charge in [0.2, 0.25) is 15.9 Å². The molecule has 1 aromatic rings. The molecule has 2 rings (SSSR count). The number of unbranched alkanes of at least 4 members (excludes halogenated alkanes) is 2. The number of benzene rings is 1. The number of nitrogens with zero attached hydrogens (tertiary/aromatic N) is 1. The highest BCUT2D eigenvalue weighted by molar-refractivity contribution is 7.89. The van der Waals surface area contributed by atoms with Gasteiger partial charge in [0.1, 0.15) is 0 Å². The molecule has 1 heterocycles. The van der Waals surface area contributed by atoms with Crippen LogP contribution in [0.1, 0.15) is 52.4 Å². The molecule has 1 saturated heterocycles. The van der Waals surface area contributed by atoms with Crippen LogP contribution in [-0.2, 0) is 14.8 Å². The number of hydrogen-bond donors (Lipinski definition) is 1. The zero-order valence-corrected chi connectivity index (χ0v) is 17.2. The van der Waals surface area contributed by atoms with E-state index in [9.17, 15) is 13.2 Å². The third-order valence-electron chi connectivity index (χ3n) is 4.91. The lowest BCUT2D eigenvalue weighted by Gasteiger charge is -2.31. The van der Waals surface area contributed by atoms with Gasteiger partial charge in [-0.3, -0.25) is 4.79 Å². The normalized spacial score (nSPS) is 17.8. The number of hydrogen-bond acceptors (Lipinski definition) is 3. The number of sulfonamides is 1. The maximum atomic E-state index is 12.7. The Hall–Kier alpha value is -1.11. The smallest absolute Gasteiger partial charge is 0.243 e. The van der Waals surface area contributed by atoms with Crippen LogP contribution in [0.15, 0.2) is 29.2 Å². The number of carbonyl (C=O) groups excluding carboxylic acids is 1. The van der Waals surface area contributed by atoms with Gasteiger partial charge in [-0.1, -0.05) is 37.8 Å². The summed E-state index contributed by atoms with van der Waals surface area (Å²) < 4.78 is 26.8. The molecule has 1 N–H and O–H groups in total. The Balaban J connectivity index is 1.86. The fraction of sp³-hybridized carbons (Fsp3) is 0.632. The molecule has 26 heavy (non-hydrogen) atoms. The van der Waals surface area contributed by atoms with Gasteiger partial charge < -0.3 is 5.32 Å². The molecule has 1 atom stereocenters. The van der Waals surface area contributed by atoms with E-state index < -0.39 is 10.0 Å². The first kappa shape index (κ1) is 21.2. The fourth-order valence-electron chi connectivity index (χ4n) is 3.25. The Labute approximate surface area is 162 Å². The van der Waals surface area contributed by atoms with E-state index in [1.165, 1.54) is 29.3 Å². The van der Waals surface area contributed by atoms with Gasteiger partial charge in [0, 0.05) is 30.1 Å². The Bertz CT molecular complexity index is 683. The molecule has 146 valence electrons. The maximum Gasteiger partial charge on any atom is 0.243 e. The highest BCUT2D eigenvalue weighted by atomic mass is 35.5. The Kier molecular flexibility index (Phi) is 7.92. The Morgan fingerprint density at radius 3 is 2.42 bits per heavy atom. The van der Waals surface area contributed by atoms with E-state index in [1.54, 1.807) is 12.1 Å². The van der Waals surface area contributed by atoms with E-state index >= 15 is 0 Å². The summed E-state index contributed by atoms with van der Waals surface area (Å²) in [6, 6.07) is 6.37. The number of amides is 1. The molecule has 0 aliphatic carbocycles. The molecule has 0 saturated carbocycles. The van der Waals surface area contributed by atoms with Crippen molar-refractivity contribution in [3.05, 3.63) is 29.3 Å². The van der Waals surface area contributed by atoms with E-state index in [0.717, 1.165) is 12.8 Å². The predicted molar refractivity (Wildman–Crippen MR) is 105 cm³/mol. The van der Waals surface area contributed by atoms with E-state index in [-0.39, 0.29) is 22.8 Å². The van der Waals surface area contributed by atoms with Crippen LogP contribution in [0.4, 0.5) is 0 Å². The lowest BCUT2D eigenvalue weighted by molar-refractivity contribution is -0.126. The molecule has 7 heteroatoms. The van der Waals surface area contributed by atoms with Gasteiger partial charge in [-0.2, -0.15) is 4.31 Å². The average Bonchev–Trinajstić information content (AvgIpc) is 2.62. The summed E-state index contributed by atoms with van der Waals surface area (Å²) in [5.41, 5.74) is 0. The van der Waals surface area contributed by atoms with Crippen LogP contribution < -0.4 is 5.32 Å². The highest BCUT2D eigenvalue weighted by Crippen LogP contribution is 2.25. The van der Waals surface area contributed by atoms with E-state index in [4.69, 9.17) is 11.6 Å². The number of rotatable bonds is 8. The highest BCUT2D eigenvalue weighted by Gasteiger charge is 2.32. The van der Waals surface area contributed by atoms with Gasteiger partial charge in [0.25, 0.3) is 0 Å². The summed E-state index contributed by atoms with van der Waals surface area (Å²) in [4.78, 5) is 12.7. The number of halogens is 1. The zero-order chi connectivity index (χ0) is 19.2. The first-order chi connectivity index (χ1) is 12.3. The van der Waals surface area contributed by atoms with Crippen molar-refractivity contribution in [1.29, 1.82) is 0 Å². The Morgan fingerprint density at radius 2 is 1.85 bits per heavy atom. The lowest BCUT2D eigenvalue weighted by atomic mass is 9.96. The average molecular weight is 401 g/mol. The second kappa shape index (κ2) is 9.72.